The Morgan fingerprint density at radius 1 is 1.31 bits per heavy atom. The van der Waals surface area contributed by atoms with E-state index in [0.717, 1.165) is 12.8 Å². The molecule has 2 fully saturated rings. The second-order valence-corrected chi connectivity index (χ2v) is 7.19. The van der Waals surface area contributed by atoms with Gasteiger partial charge in [-0.1, -0.05) is 19.3 Å². The lowest BCUT2D eigenvalue weighted by Crippen LogP contribution is -2.50. The van der Waals surface area contributed by atoms with Crippen LogP contribution in [0.25, 0.3) is 0 Å². The van der Waals surface area contributed by atoms with E-state index in [0.29, 0.717) is 0 Å². The Morgan fingerprint density at radius 3 is 2.38 bits per heavy atom. The maximum atomic E-state index is 11.3. The van der Waals surface area contributed by atoms with Gasteiger partial charge in [0.15, 0.2) is 0 Å². The van der Waals surface area contributed by atoms with E-state index in [1.807, 2.05) is 11.8 Å². The van der Waals surface area contributed by atoms with Gasteiger partial charge in [-0.2, -0.15) is 0 Å². The van der Waals surface area contributed by atoms with Gasteiger partial charge in [-0.3, -0.25) is 10.1 Å². The number of rotatable bonds is 1. The van der Waals surface area contributed by atoms with Crippen LogP contribution in [-0.4, -0.2) is 26.7 Å². The zero-order valence-electron chi connectivity index (χ0n) is 9.78. The van der Waals surface area contributed by atoms with E-state index >= 15 is 0 Å². The van der Waals surface area contributed by atoms with E-state index in [1.54, 1.807) is 0 Å². The van der Waals surface area contributed by atoms with E-state index in [4.69, 9.17) is 0 Å². The molecular formula is C11H20ClNO2S. The number of thioether (sulfide) groups is 1. The number of nitrogens with one attached hydrogen (secondary N) is 1. The zero-order valence-corrected chi connectivity index (χ0v) is 11.4. The van der Waals surface area contributed by atoms with E-state index in [-0.39, 0.29) is 28.1 Å². The Bertz CT molecular complexity index is 277. The average Bonchev–Trinajstić information content (AvgIpc) is 2.39. The van der Waals surface area contributed by atoms with E-state index in [2.05, 4.69) is 19.2 Å². The second kappa shape index (κ2) is 4.75. The molecule has 2 N–H and O–H groups in total. The van der Waals surface area contributed by atoms with Crippen molar-refractivity contribution in [2.75, 3.05) is 0 Å². The molecule has 3 nitrogen and oxygen atoms in total. The Morgan fingerprint density at radius 2 is 1.88 bits per heavy atom. The minimum atomic E-state index is -0.685. The van der Waals surface area contributed by atoms with Crippen molar-refractivity contribution in [2.45, 2.75) is 61.6 Å². The highest BCUT2D eigenvalue weighted by atomic mass is 35.5. The Hall–Kier alpha value is 0.0700. The summed E-state index contributed by atoms with van der Waals surface area (Å²) in [5.74, 6) is -0.685. The molecule has 0 bridgehead atoms. The number of halogens is 1. The van der Waals surface area contributed by atoms with Gasteiger partial charge in [0.2, 0.25) is 0 Å². The summed E-state index contributed by atoms with van der Waals surface area (Å²) in [4.78, 5) is 11.2. The largest absolute Gasteiger partial charge is 0.480 e. The van der Waals surface area contributed by atoms with Crippen molar-refractivity contribution in [3.63, 3.8) is 0 Å². The maximum absolute atomic E-state index is 11.3. The summed E-state index contributed by atoms with van der Waals surface area (Å²) in [6.07, 6.45) is 5.70. The molecule has 1 aliphatic carbocycles. The molecule has 1 saturated heterocycles. The predicted octanol–water partition coefficient (Wildman–Crippen LogP) is 2.64. The SMILES string of the molecule is CC1(C)NC(C(=O)O)C2(CCCCC2)S1.Cl. The van der Waals surface area contributed by atoms with Crippen LogP contribution in [0.4, 0.5) is 0 Å². The molecule has 0 amide bonds. The molecule has 5 heteroatoms. The fourth-order valence-electron chi connectivity index (χ4n) is 2.90. The maximum Gasteiger partial charge on any atom is 0.322 e. The standard InChI is InChI=1S/C11H19NO2S.ClH/c1-10(2)12-8(9(13)14)11(15-10)6-4-3-5-7-11;/h8,12H,3-7H2,1-2H3,(H,13,14);1H. The van der Waals surface area contributed by atoms with Gasteiger partial charge < -0.3 is 5.11 Å². The van der Waals surface area contributed by atoms with Crippen molar-refractivity contribution in [1.82, 2.24) is 5.32 Å². The predicted molar refractivity (Wildman–Crippen MR) is 69.3 cm³/mol. The number of carboxylic acids is 1. The first kappa shape index (κ1) is 14.1. The summed E-state index contributed by atoms with van der Waals surface area (Å²) < 4.78 is -0.0480. The molecule has 1 aliphatic heterocycles. The van der Waals surface area contributed by atoms with Crippen LogP contribution in [0.2, 0.25) is 0 Å². The van der Waals surface area contributed by atoms with Crippen LogP contribution in [0.3, 0.4) is 0 Å². The first-order valence-corrected chi connectivity index (χ1v) is 6.48. The number of hydrogen-bond acceptors (Lipinski definition) is 3. The third kappa shape index (κ3) is 2.49. The molecule has 0 radical (unpaired) electrons. The van der Waals surface area contributed by atoms with E-state index in [9.17, 15) is 9.90 Å². The van der Waals surface area contributed by atoms with Gasteiger partial charge in [0.1, 0.15) is 6.04 Å². The average molecular weight is 266 g/mol. The lowest BCUT2D eigenvalue weighted by molar-refractivity contribution is -0.140. The first-order chi connectivity index (χ1) is 6.95. The van der Waals surface area contributed by atoms with Crippen molar-refractivity contribution in [3.8, 4) is 0 Å². The third-order valence-electron chi connectivity index (χ3n) is 3.42. The second-order valence-electron chi connectivity index (χ2n) is 5.15. The van der Waals surface area contributed by atoms with Crippen LogP contribution in [0, 0.1) is 0 Å². The van der Waals surface area contributed by atoms with Crippen LogP contribution in [0.5, 0.6) is 0 Å². The summed E-state index contributed by atoms with van der Waals surface area (Å²) in [6, 6.07) is -0.363. The summed E-state index contributed by atoms with van der Waals surface area (Å²) in [7, 11) is 0. The van der Waals surface area contributed by atoms with Crippen LogP contribution in [0.1, 0.15) is 46.0 Å². The zero-order chi connectivity index (χ0) is 11.1. The Labute approximate surface area is 107 Å². The van der Waals surface area contributed by atoms with Crippen LogP contribution < -0.4 is 5.32 Å². The van der Waals surface area contributed by atoms with Crippen LogP contribution in [-0.2, 0) is 4.79 Å². The number of carbonyl (C=O) groups is 1. The van der Waals surface area contributed by atoms with Crippen molar-refractivity contribution >= 4 is 30.1 Å². The van der Waals surface area contributed by atoms with Gasteiger partial charge >= 0.3 is 5.97 Å². The van der Waals surface area contributed by atoms with Gasteiger partial charge in [-0.05, 0) is 26.7 Å². The molecule has 2 rings (SSSR count). The molecule has 1 atom stereocenters. The van der Waals surface area contributed by atoms with Crippen molar-refractivity contribution in [1.29, 1.82) is 0 Å². The molecule has 0 aromatic carbocycles. The first-order valence-electron chi connectivity index (χ1n) is 5.66. The molecule has 1 spiro atoms. The van der Waals surface area contributed by atoms with E-state index in [1.165, 1.54) is 19.3 Å². The van der Waals surface area contributed by atoms with Crippen LogP contribution in [0.15, 0.2) is 0 Å². The van der Waals surface area contributed by atoms with Gasteiger partial charge in [0.25, 0.3) is 0 Å². The summed E-state index contributed by atoms with van der Waals surface area (Å²) in [5.41, 5.74) is 0. The molecule has 16 heavy (non-hydrogen) atoms. The fraction of sp³-hybridized carbons (Fsp3) is 0.909. The fourth-order valence-corrected chi connectivity index (χ4v) is 4.87. The lowest BCUT2D eigenvalue weighted by Gasteiger charge is -2.35. The quantitative estimate of drug-likeness (QED) is 0.765. The van der Waals surface area contributed by atoms with Gasteiger partial charge in [0.05, 0.1) is 4.87 Å². The molecular weight excluding hydrogens is 246 g/mol. The molecule has 1 heterocycles. The highest BCUT2D eigenvalue weighted by Crippen LogP contribution is 2.52. The van der Waals surface area contributed by atoms with Crippen molar-refractivity contribution in [3.05, 3.63) is 0 Å². The topological polar surface area (TPSA) is 49.3 Å². The number of carboxylic acid groups (broad SMARTS) is 1. The van der Waals surface area contributed by atoms with Crippen molar-refractivity contribution < 1.29 is 9.90 Å². The van der Waals surface area contributed by atoms with Gasteiger partial charge in [0, 0.05) is 4.75 Å². The Kier molecular flexibility index (Phi) is 4.19. The molecule has 2 aliphatic rings. The lowest BCUT2D eigenvalue weighted by atomic mass is 9.83. The minimum absolute atomic E-state index is 0. The molecule has 0 aromatic rings. The van der Waals surface area contributed by atoms with Gasteiger partial charge in [-0.25, -0.2) is 0 Å². The van der Waals surface area contributed by atoms with Crippen molar-refractivity contribution in [2.24, 2.45) is 0 Å². The molecule has 94 valence electrons. The Balaban J connectivity index is 0.00000128. The molecule has 1 saturated carbocycles. The monoisotopic (exact) mass is 265 g/mol. The third-order valence-corrected chi connectivity index (χ3v) is 5.10. The normalized spacial score (nSPS) is 31.0. The number of aliphatic carboxylic acids is 1. The summed E-state index contributed by atoms with van der Waals surface area (Å²) >= 11 is 1.84. The smallest absolute Gasteiger partial charge is 0.322 e. The summed E-state index contributed by atoms with van der Waals surface area (Å²) in [6.45, 7) is 4.16. The molecule has 1 unspecified atom stereocenters. The number of hydrogen-bond donors (Lipinski definition) is 2. The van der Waals surface area contributed by atoms with Gasteiger partial charge in [-0.15, -0.1) is 24.2 Å². The summed E-state index contributed by atoms with van der Waals surface area (Å²) in [5, 5.41) is 12.5. The highest BCUT2D eigenvalue weighted by Gasteiger charge is 2.54. The minimum Gasteiger partial charge on any atom is -0.480 e. The molecule has 0 aromatic heterocycles. The van der Waals surface area contributed by atoms with E-state index < -0.39 is 5.97 Å². The highest BCUT2D eigenvalue weighted by molar-refractivity contribution is 8.02. The van der Waals surface area contributed by atoms with Crippen LogP contribution >= 0.6 is 24.2 Å².